The van der Waals surface area contributed by atoms with E-state index in [-0.39, 0.29) is 25.6 Å². The van der Waals surface area contributed by atoms with E-state index in [2.05, 4.69) is 0 Å². The molecule has 0 saturated heterocycles. The molecule has 0 radical (unpaired) electrons. The number of hydrogen-bond donors (Lipinski definition) is 4. The molecular weight excluding hydrogens is 172 g/mol. The molecule has 0 amide bonds. The summed E-state index contributed by atoms with van der Waals surface area (Å²) in [5.41, 5.74) is 0. The molecule has 0 saturated carbocycles. The van der Waals surface area contributed by atoms with E-state index in [1.807, 2.05) is 6.92 Å². The monoisotopic (exact) mass is 192 g/mol. The van der Waals surface area contributed by atoms with Crippen LogP contribution in [0.25, 0.3) is 0 Å². The first-order valence-corrected chi connectivity index (χ1v) is 4.69. The van der Waals surface area contributed by atoms with Crippen molar-refractivity contribution in [2.75, 3.05) is 13.2 Å². The third-order valence-electron chi connectivity index (χ3n) is 2.14. The van der Waals surface area contributed by atoms with Gasteiger partial charge in [-0.2, -0.15) is 0 Å². The average molecular weight is 192 g/mol. The molecule has 0 heterocycles. The van der Waals surface area contributed by atoms with Crippen molar-refractivity contribution < 1.29 is 20.4 Å². The minimum Gasteiger partial charge on any atom is -0.396 e. The molecule has 0 bridgehead atoms. The van der Waals surface area contributed by atoms with Crippen LogP contribution >= 0.6 is 0 Å². The van der Waals surface area contributed by atoms with Crippen molar-refractivity contribution in [2.45, 2.75) is 38.4 Å². The molecule has 0 aromatic carbocycles. The lowest BCUT2D eigenvalue weighted by Gasteiger charge is -2.18. The Kier molecular flexibility index (Phi) is 7.17. The Morgan fingerprint density at radius 2 is 1.46 bits per heavy atom. The van der Waals surface area contributed by atoms with Gasteiger partial charge in [0.25, 0.3) is 0 Å². The minimum absolute atomic E-state index is 0.100. The zero-order valence-corrected chi connectivity index (χ0v) is 8.06. The second-order valence-electron chi connectivity index (χ2n) is 3.51. The van der Waals surface area contributed by atoms with Crippen molar-refractivity contribution >= 4 is 0 Å². The molecule has 0 spiro atoms. The Morgan fingerprint density at radius 3 is 1.92 bits per heavy atom. The quantitative estimate of drug-likeness (QED) is 0.438. The first-order chi connectivity index (χ1) is 6.11. The second kappa shape index (κ2) is 7.26. The van der Waals surface area contributed by atoms with Crippen LogP contribution in [0.3, 0.4) is 0 Å². The summed E-state index contributed by atoms with van der Waals surface area (Å²) in [5.74, 6) is 0.149. The predicted octanol–water partition coefficient (Wildman–Crippen LogP) is -0.501. The Balaban J connectivity index is 3.54. The third-order valence-corrected chi connectivity index (χ3v) is 2.14. The van der Waals surface area contributed by atoms with Crippen LogP contribution in [-0.2, 0) is 0 Å². The second-order valence-corrected chi connectivity index (χ2v) is 3.51. The predicted molar refractivity (Wildman–Crippen MR) is 49.2 cm³/mol. The van der Waals surface area contributed by atoms with Crippen LogP contribution in [0.1, 0.15) is 26.2 Å². The maximum absolute atomic E-state index is 9.35. The van der Waals surface area contributed by atoms with E-state index in [9.17, 15) is 10.2 Å². The van der Waals surface area contributed by atoms with E-state index >= 15 is 0 Å². The largest absolute Gasteiger partial charge is 0.396 e. The molecule has 3 atom stereocenters. The molecule has 0 aliphatic heterocycles. The van der Waals surface area contributed by atoms with Gasteiger partial charge >= 0.3 is 0 Å². The van der Waals surface area contributed by atoms with Gasteiger partial charge in [-0.05, 0) is 25.2 Å². The van der Waals surface area contributed by atoms with Gasteiger partial charge in [0.15, 0.2) is 0 Å². The summed E-state index contributed by atoms with van der Waals surface area (Å²) in [6.07, 6.45) is -0.297. The van der Waals surface area contributed by atoms with Crippen molar-refractivity contribution in [1.82, 2.24) is 0 Å². The van der Waals surface area contributed by atoms with Crippen molar-refractivity contribution in [3.63, 3.8) is 0 Å². The summed E-state index contributed by atoms with van der Waals surface area (Å²) in [5, 5.41) is 35.8. The summed E-state index contributed by atoms with van der Waals surface area (Å²) < 4.78 is 0. The normalized spacial score (nSPS) is 18.2. The molecule has 13 heavy (non-hydrogen) atoms. The Morgan fingerprint density at radius 1 is 0.923 bits per heavy atom. The Labute approximate surface area is 78.8 Å². The summed E-state index contributed by atoms with van der Waals surface area (Å²) in [6.45, 7) is 1.86. The molecule has 4 nitrogen and oxygen atoms in total. The molecule has 4 heteroatoms. The van der Waals surface area contributed by atoms with Gasteiger partial charge in [-0.15, -0.1) is 0 Å². The molecule has 0 aromatic heterocycles. The van der Waals surface area contributed by atoms with Crippen molar-refractivity contribution in [3.05, 3.63) is 0 Å². The Bertz CT molecular complexity index is 118. The fourth-order valence-corrected chi connectivity index (χ4v) is 1.06. The SMILES string of the molecule is CC(CO)CCC(O)C(O)CCO. The highest BCUT2D eigenvalue weighted by atomic mass is 16.3. The van der Waals surface area contributed by atoms with Gasteiger partial charge in [0.1, 0.15) is 0 Å². The molecular formula is C9H20O4. The zero-order chi connectivity index (χ0) is 10.3. The maximum atomic E-state index is 9.35. The maximum Gasteiger partial charge on any atom is 0.0820 e. The first-order valence-electron chi connectivity index (χ1n) is 4.69. The first kappa shape index (κ1) is 12.8. The lowest BCUT2D eigenvalue weighted by Crippen LogP contribution is -2.27. The number of hydrogen-bond acceptors (Lipinski definition) is 4. The fraction of sp³-hybridized carbons (Fsp3) is 1.00. The van der Waals surface area contributed by atoms with Gasteiger partial charge in [-0.25, -0.2) is 0 Å². The molecule has 0 fully saturated rings. The minimum atomic E-state index is -0.851. The average Bonchev–Trinajstić information content (AvgIpc) is 2.13. The van der Waals surface area contributed by atoms with Crippen molar-refractivity contribution in [2.24, 2.45) is 5.92 Å². The van der Waals surface area contributed by atoms with Crippen LogP contribution in [0.2, 0.25) is 0 Å². The van der Waals surface area contributed by atoms with Gasteiger partial charge in [0, 0.05) is 13.2 Å². The van der Waals surface area contributed by atoms with Gasteiger partial charge in [-0.1, -0.05) is 6.92 Å². The lowest BCUT2D eigenvalue weighted by molar-refractivity contribution is -0.00274. The topological polar surface area (TPSA) is 80.9 Å². The standard InChI is InChI=1S/C9H20O4/c1-7(6-11)2-3-8(12)9(13)4-5-10/h7-13H,2-6H2,1H3. The van der Waals surface area contributed by atoms with E-state index in [1.54, 1.807) is 0 Å². The molecule has 0 rings (SSSR count). The lowest BCUT2D eigenvalue weighted by atomic mass is 10.00. The van der Waals surface area contributed by atoms with Crippen LogP contribution in [0.4, 0.5) is 0 Å². The highest BCUT2D eigenvalue weighted by Crippen LogP contribution is 2.11. The molecule has 4 N–H and O–H groups in total. The molecule has 0 aliphatic rings. The number of aliphatic hydroxyl groups is 4. The van der Waals surface area contributed by atoms with E-state index < -0.39 is 12.2 Å². The zero-order valence-electron chi connectivity index (χ0n) is 8.06. The van der Waals surface area contributed by atoms with E-state index in [0.29, 0.717) is 12.8 Å². The Hall–Kier alpha value is -0.160. The number of rotatable bonds is 7. The van der Waals surface area contributed by atoms with Gasteiger partial charge in [-0.3, -0.25) is 0 Å². The van der Waals surface area contributed by atoms with Gasteiger partial charge < -0.3 is 20.4 Å². The molecule has 0 aromatic rings. The summed E-state index contributed by atoms with van der Waals surface area (Å²) >= 11 is 0. The smallest absolute Gasteiger partial charge is 0.0820 e. The van der Waals surface area contributed by atoms with Crippen LogP contribution < -0.4 is 0 Å². The molecule has 80 valence electrons. The summed E-state index contributed by atoms with van der Waals surface area (Å²) in [7, 11) is 0. The van der Waals surface area contributed by atoms with Gasteiger partial charge in [0.05, 0.1) is 12.2 Å². The summed E-state index contributed by atoms with van der Waals surface area (Å²) in [6, 6.07) is 0. The third kappa shape index (κ3) is 5.99. The van der Waals surface area contributed by atoms with Crippen molar-refractivity contribution in [3.8, 4) is 0 Å². The van der Waals surface area contributed by atoms with E-state index in [4.69, 9.17) is 10.2 Å². The highest BCUT2D eigenvalue weighted by molar-refractivity contribution is 4.67. The number of aliphatic hydroxyl groups excluding tert-OH is 4. The fourth-order valence-electron chi connectivity index (χ4n) is 1.06. The highest BCUT2D eigenvalue weighted by Gasteiger charge is 2.16. The van der Waals surface area contributed by atoms with E-state index in [0.717, 1.165) is 0 Å². The summed E-state index contributed by atoms with van der Waals surface area (Å²) in [4.78, 5) is 0. The van der Waals surface area contributed by atoms with Crippen LogP contribution in [0.15, 0.2) is 0 Å². The van der Waals surface area contributed by atoms with Crippen LogP contribution in [0.5, 0.6) is 0 Å². The van der Waals surface area contributed by atoms with Crippen molar-refractivity contribution in [1.29, 1.82) is 0 Å². The molecule has 3 unspecified atom stereocenters. The van der Waals surface area contributed by atoms with Crippen LogP contribution in [0, 0.1) is 5.92 Å². The van der Waals surface area contributed by atoms with E-state index in [1.165, 1.54) is 0 Å². The van der Waals surface area contributed by atoms with Crippen LogP contribution in [-0.4, -0.2) is 45.8 Å². The molecule has 0 aliphatic carbocycles. The van der Waals surface area contributed by atoms with Gasteiger partial charge in [0.2, 0.25) is 0 Å².